The molecule has 0 saturated carbocycles. The number of carbonyl (C=O) groups is 2. The van der Waals surface area contributed by atoms with Crippen LogP contribution in [-0.2, 0) is 22.4 Å². The minimum Gasteiger partial charge on any atom is -0.489 e. The lowest BCUT2D eigenvalue weighted by molar-refractivity contribution is -0.137. The Hall–Kier alpha value is -3.83. The maximum Gasteiger partial charge on any atom is 0.416 e. The molecule has 0 aliphatic carbocycles. The Labute approximate surface area is 234 Å². The van der Waals surface area contributed by atoms with E-state index in [1.807, 2.05) is 31.2 Å². The molecule has 1 saturated heterocycles. The minimum absolute atomic E-state index is 0.129. The highest BCUT2D eigenvalue weighted by molar-refractivity contribution is 8.00. The van der Waals surface area contributed by atoms with Crippen molar-refractivity contribution in [3.63, 3.8) is 0 Å². The van der Waals surface area contributed by atoms with Crippen molar-refractivity contribution in [2.45, 2.75) is 35.9 Å². The second kappa shape index (κ2) is 9.97. The molecule has 2 aliphatic rings. The van der Waals surface area contributed by atoms with Gasteiger partial charge in [0.05, 0.1) is 22.2 Å². The molecule has 2 aliphatic heterocycles. The number of carbonyl (C=O) groups excluding carboxylic acids is 2. The van der Waals surface area contributed by atoms with Crippen LogP contribution in [0.3, 0.4) is 0 Å². The first kappa shape index (κ1) is 26.4. The molecular weight excluding hydrogens is 561 g/mol. The smallest absolute Gasteiger partial charge is 0.416 e. The summed E-state index contributed by atoms with van der Waals surface area (Å²) in [6.07, 6.45) is -4.63. The number of nitrogens with zero attached hydrogens (tertiary/aromatic N) is 1. The number of aromatic nitrogens is 1. The van der Waals surface area contributed by atoms with Crippen LogP contribution >= 0.6 is 23.1 Å². The summed E-state index contributed by atoms with van der Waals surface area (Å²) in [7, 11) is 0. The molecule has 6 rings (SSSR count). The van der Waals surface area contributed by atoms with Crippen LogP contribution < -0.4 is 14.5 Å². The fraction of sp³-hybridized carbons (Fsp3) is 0.207. The van der Waals surface area contributed by atoms with Crippen LogP contribution in [0.1, 0.15) is 33.0 Å². The zero-order valence-corrected chi connectivity index (χ0v) is 22.5. The Kier molecular flexibility index (Phi) is 6.58. The number of nitrogens with one attached hydrogen (secondary N) is 1. The van der Waals surface area contributed by atoms with Crippen LogP contribution in [-0.4, -0.2) is 22.0 Å². The van der Waals surface area contributed by atoms with Crippen LogP contribution in [0.5, 0.6) is 5.75 Å². The van der Waals surface area contributed by atoms with Gasteiger partial charge in [0, 0.05) is 10.8 Å². The van der Waals surface area contributed by atoms with Crippen LogP contribution in [0.15, 0.2) is 82.6 Å². The number of anilines is 1. The summed E-state index contributed by atoms with van der Waals surface area (Å²) < 4.78 is 46.1. The van der Waals surface area contributed by atoms with Crippen LogP contribution in [0.2, 0.25) is 0 Å². The van der Waals surface area contributed by atoms with Crippen molar-refractivity contribution < 1.29 is 27.5 Å². The summed E-state index contributed by atoms with van der Waals surface area (Å²) in [5.74, 6) is -2.14. The summed E-state index contributed by atoms with van der Waals surface area (Å²) in [5, 5.41) is -0.407. The summed E-state index contributed by atoms with van der Waals surface area (Å²) in [6.45, 7) is 2.38. The van der Waals surface area contributed by atoms with E-state index in [1.165, 1.54) is 12.1 Å². The zero-order chi connectivity index (χ0) is 28.2. The lowest BCUT2D eigenvalue weighted by Crippen LogP contribution is -2.32. The Balaban J connectivity index is 1.33. The molecule has 2 amide bonds. The van der Waals surface area contributed by atoms with E-state index in [2.05, 4.69) is 4.98 Å². The van der Waals surface area contributed by atoms with Crippen molar-refractivity contribution in [2.75, 3.05) is 4.90 Å². The topological polar surface area (TPSA) is 79.5 Å². The molecular formula is C29H21F3N2O4S2. The molecule has 204 valence electrons. The quantitative estimate of drug-likeness (QED) is 0.286. The summed E-state index contributed by atoms with van der Waals surface area (Å²) in [5.41, 5.74) is 1.77. The van der Waals surface area contributed by atoms with E-state index in [1.54, 1.807) is 24.3 Å². The number of halogens is 3. The summed E-state index contributed by atoms with van der Waals surface area (Å²) in [6, 6.07) is 19.2. The normalized spacial score (nSPS) is 20.4. The average molecular weight is 583 g/mol. The van der Waals surface area contributed by atoms with Crippen molar-refractivity contribution in [3.05, 3.63) is 110 Å². The number of thiazole rings is 1. The fourth-order valence-electron chi connectivity index (χ4n) is 5.16. The van der Waals surface area contributed by atoms with Gasteiger partial charge in [0.25, 0.3) is 0 Å². The lowest BCUT2D eigenvalue weighted by Gasteiger charge is -2.29. The second-order valence-electron chi connectivity index (χ2n) is 9.59. The van der Waals surface area contributed by atoms with Crippen LogP contribution in [0, 0.1) is 12.8 Å². The third kappa shape index (κ3) is 4.62. The highest BCUT2D eigenvalue weighted by atomic mass is 32.2. The first-order valence-electron chi connectivity index (χ1n) is 12.3. The van der Waals surface area contributed by atoms with Gasteiger partial charge in [-0.3, -0.25) is 14.4 Å². The molecule has 0 radical (unpaired) electrons. The molecule has 3 atom stereocenters. The highest BCUT2D eigenvalue weighted by Crippen LogP contribution is 2.53. The largest absolute Gasteiger partial charge is 0.489 e. The standard InChI is InChI=1S/C29H21F3N2O4S2/c1-15-5-2-3-6-17(15)14-38-20-11-9-16(10-12-20)21-22-24(39-25-23(21)40-28(37)33-25)27(36)34(26(22)35)19-8-4-7-18(13-19)29(30,31)32/h2-13,21-22,24H,14H2,1H3,(H,33,37)/t21-,22-,24+/m0/s1. The van der Waals surface area contributed by atoms with Crippen molar-refractivity contribution >= 4 is 40.6 Å². The molecule has 1 fully saturated rings. The first-order valence-corrected chi connectivity index (χ1v) is 14.0. The van der Waals surface area contributed by atoms with Gasteiger partial charge in [0.1, 0.15) is 17.6 Å². The molecule has 1 N–H and O–H groups in total. The third-order valence-electron chi connectivity index (χ3n) is 7.15. The van der Waals surface area contributed by atoms with Crippen molar-refractivity contribution in [2.24, 2.45) is 5.92 Å². The number of amides is 2. The number of hydrogen-bond acceptors (Lipinski definition) is 6. The van der Waals surface area contributed by atoms with Gasteiger partial charge in [-0.1, -0.05) is 65.6 Å². The number of aromatic amines is 1. The summed E-state index contributed by atoms with van der Waals surface area (Å²) in [4.78, 5) is 43.5. The van der Waals surface area contributed by atoms with E-state index in [0.717, 1.165) is 51.3 Å². The van der Waals surface area contributed by atoms with Gasteiger partial charge in [-0.15, -0.1) is 0 Å². The minimum atomic E-state index is -4.63. The van der Waals surface area contributed by atoms with E-state index < -0.39 is 40.6 Å². The number of benzene rings is 3. The number of hydrogen-bond donors (Lipinski definition) is 1. The first-order chi connectivity index (χ1) is 19.1. The van der Waals surface area contributed by atoms with Gasteiger partial charge >= 0.3 is 11.0 Å². The van der Waals surface area contributed by atoms with E-state index in [9.17, 15) is 27.6 Å². The lowest BCUT2D eigenvalue weighted by atomic mass is 9.83. The monoisotopic (exact) mass is 582 g/mol. The van der Waals surface area contributed by atoms with Crippen molar-refractivity contribution in [1.29, 1.82) is 0 Å². The molecule has 0 spiro atoms. The Morgan fingerprint density at radius 3 is 2.42 bits per heavy atom. The maximum atomic E-state index is 13.8. The fourth-order valence-corrected chi connectivity index (χ4v) is 7.67. The number of thioether (sulfide) groups is 1. The van der Waals surface area contributed by atoms with E-state index in [4.69, 9.17) is 4.74 Å². The zero-order valence-electron chi connectivity index (χ0n) is 20.9. The van der Waals surface area contributed by atoms with E-state index >= 15 is 0 Å². The Morgan fingerprint density at radius 1 is 0.950 bits per heavy atom. The number of imide groups is 1. The molecule has 4 aromatic rings. The molecule has 0 bridgehead atoms. The predicted octanol–water partition coefficient (Wildman–Crippen LogP) is 6.14. The number of aryl methyl sites for hydroxylation is 1. The van der Waals surface area contributed by atoms with Gasteiger partial charge in [-0.25, -0.2) is 4.90 Å². The van der Waals surface area contributed by atoms with E-state index in [0.29, 0.717) is 27.8 Å². The number of H-pyrrole nitrogens is 1. The SMILES string of the molecule is Cc1ccccc1COc1ccc([C@@H]2c3sc(=O)[nH]c3S[C@H]3C(=O)N(c4cccc(C(F)(F)F)c4)C(=O)[C@@H]23)cc1. The van der Waals surface area contributed by atoms with Crippen molar-refractivity contribution in [3.8, 4) is 5.75 Å². The maximum absolute atomic E-state index is 13.8. The van der Waals surface area contributed by atoms with Crippen molar-refractivity contribution in [1.82, 2.24) is 4.98 Å². The Morgan fingerprint density at radius 2 is 1.70 bits per heavy atom. The average Bonchev–Trinajstić information content (AvgIpc) is 3.42. The second-order valence-corrected chi connectivity index (χ2v) is 11.8. The molecule has 11 heteroatoms. The molecule has 3 aromatic carbocycles. The van der Waals surface area contributed by atoms with Crippen LogP contribution in [0.4, 0.5) is 18.9 Å². The number of alkyl halides is 3. The van der Waals surface area contributed by atoms with Gasteiger partial charge in [0.2, 0.25) is 11.8 Å². The van der Waals surface area contributed by atoms with Gasteiger partial charge in [-0.2, -0.15) is 13.2 Å². The Bertz CT molecular complexity index is 1680. The molecule has 40 heavy (non-hydrogen) atoms. The number of rotatable bonds is 5. The van der Waals surface area contributed by atoms with Gasteiger partial charge < -0.3 is 9.72 Å². The molecule has 6 nitrogen and oxygen atoms in total. The number of fused-ring (bicyclic) bond motifs is 2. The highest BCUT2D eigenvalue weighted by Gasteiger charge is 2.56. The number of ether oxygens (including phenoxy) is 1. The molecule has 1 aromatic heterocycles. The predicted molar refractivity (Wildman–Crippen MR) is 146 cm³/mol. The third-order valence-corrected chi connectivity index (χ3v) is 9.55. The summed E-state index contributed by atoms with van der Waals surface area (Å²) >= 11 is 2.04. The van der Waals surface area contributed by atoms with Gasteiger partial charge in [-0.05, 0) is 53.9 Å². The molecule has 0 unspecified atom stereocenters. The van der Waals surface area contributed by atoms with Gasteiger partial charge in [0.15, 0.2) is 0 Å². The molecule has 3 heterocycles. The van der Waals surface area contributed by atoms with E-state index in [-0.39, 0.29) is 10.6 Å². The van der Waals surface area contributed by atoms with Crippen LogP contribution in [0.25, 0.3) is 0 Å².